The molecule has 1 aliphatic carbocycles. The second kappa shape index (κ2) is 6.19. The molecular formula is C19H23FN2O2. The number of carbonyl (C=O) groups excluding carboxylic acids is 2. The Morgan fingerprint density at radius 3 is 2.83 bits per heavy atom. The minimum absolute atomic E-state index is 0.247. The first-order chi connectivity index (χ1) is 15.4. The number of halogens is 1. The first-order valence-electron chi connectivity index (χ1n) is 12.8. The molecule has 0 radical (unpaired) electrons. The van der Waals surface area contributed by atoms with Crippen LogP contribution in [-0.2, 0) is 16.0 Å². The van der Waals surface area contributed by atoms with Crippen LogP contribution in [0.25, 0.3) is 0 Å². The maximum absolute atomic E-state index is 13.9. The fraction of sp³-hybridized carbons (Fsp3) is 0.579. The summed E-state index contributed by atoms with van der Waals surface area (Å²) in [5, 5.41) is 0. The number of benzene rings is 1. The van der Waals surface area contributed by atoms with Crippen LogP contribution in [0.5, 0.6) is 0 Å². The highest BCUT2D eigenvalue weighted by molar-refractivity contribution is 5.87. The monoisotopic (exact) mass is 340 g/mol. The maximum Gasteiger partial charge on any atom is 0.242 e. The van der Waals surface area contributed by atoms with E-state index in [1.54, 1.807) is 6.07 Å². The number of hydrogen-bond donors (Lipinski definition) is 0. The zero-order valence-corrected chi connectivity index (χ0v) is 12.8. The molecule has 2 heterocycles. The maximum atomic E-state index is 13.9. The van der Waals surface area contributed by atoms with Crippen LogP contribution in [0.3, 0.4) is 0 Å². The molecule has 2 fully saturated rings. The molecule has 0 bridgehead atoms. The zero-order valence-electron chi connectivity index (χ0n) is 22.8. The number of rotatable bonds is 1. The summed E-state index contributed by atoms with van der Waals surface area (Å²) in [7, 11) is 0. The number of nitrogens with zero attached hydrogens (tertiary/aromatic N) is 2. The first kappa shape index (κ1) is 7.98. The molecule has 4 rings (SSSR count). The molecule has 1 saturated heterocycles. The molecule has 1 aromatic carbocycles. The Balaban J connectivity index is 1.76. The third-order valence-electron chi connectivity index (χ3n) is 4.62. The van der Waals surface area contributed by atoms with Gasteiger partial charge in [-0.05, 0) is 42.4 Å². The van der Waals surface area contributed by atoms with Gasteiger partial charge in [0.1, 0.15) is 5.82 Å². The van der Waals surface area contributed by atoms with E-state index < -0.39 is 68.0 Å². The Bertz CT molecular complexity index is 1030. The van der Waals surface area contributed by atoms with Crippen LogP contribution in [0, 0.1) is 11.7 Å². The van der Waals surface area contributed by atoms with Gasteiger partial charge in [-0.25, -0.2) is 4.39 Å². The van der Waals surface area contributed by atoms with Gasteiger partial charge in [-0.2, -0.15) is 0 Å². The fourth-order valence-electron chi connectivity index (χ4n) is 3.45. The standard InChI is InChI=1S/C19H23FN2O2/c20-15-7-6-13-8-9-22-17(16(13)10-15)11-21(12-18(22)23)19(24)14-4-2-1-3-5-14/h6-7,10,14,17H,1-5,8-9,11-12H2/t17-/m1/s1/i1D2,2D2,3D2,4D2,5D2. The average Bonchev–Trinajstić information content (AvgIpc) is 2.71. The summed E-state index contributed by atoms with van der Waals surface area (Å²) < 4.78 is 94.9. The molecule has 5 heteroatoms. The van der Waals surface area contributed by atoms with Crippen LogP contribution < -0.4 is 0 Å². The van der Waals surface area contributed by atoms with Crippen molar-refractivity contribution in [2.75, 3.05) is 19.6 Å². The van der Waals surface area contributed by atoms with Crippen molar-refractivity contribution in [2.24, 2.45) is 5.92 Å². The van der Waals surface area contributed by atoms with Gasteiger partial charge in [0, 0.05) is 32.7 Å². The van der Waals surface area contributed by atoms with Gasteiger partial charge >= 0.3 is 0 Å². The molecule has 128 valence electrons. The van der Waals surface area contributed by atoms with Crippen LogP contribution in [0.2, 0.25) is 0 Å². The lowest BCUT2D eigenvalue weighted by Crippen LogP contribution is -2.56. The Kier molecular flexibility index (Phi) is 2.06. The highest BCUT2D eigenvalue weighted by Crippen LogP contribution is 2.35. The predicted octanol–water partition coefficient (Wildman–Crippen LogP) is 2.67. The highest BCUT2D eigenvalue weighted by atomic mass is 19.1. The van der Waals surface area contributed by atoms with Crippen LogP contribution >= 0.6 is 0 Å². The average molecular weight is 340 g/mol. The SMILES string of the molecule is [2H]C1([2H])C(C(=O)N2CC(=O)N3CCc4ccc(F)cc4[C@H]3C2)C([2H])([2H])C([2H])([2H])C([2H])([2H])C1([2H])[2H]. The molecule has 2 amide bonds. The molecule has 3 aliphatic rings. The van der Waals surface area contributed by atoms with E-state index in [9.17, 15) is 14.0 Å². The molecule has 0 aromatic heterocycles. The third kappa shape index (κ3) is 2.70. The summed E-state index contributed by atoms with van der Waals surface area (Å²) in [5.74, 6) is -5.02. The van der Waals surface area contributed by atoms with E-state index in [4.69, 9.17) is 13.7 Å². The molecule has 24 heavy (non-hydrogen) atoms. The van der Waals surface area contributed by atoms with E-state index in [0.29, 0.717) is 18.5 Å². The van der Waals surface area contributed by atoms with E-state index in [1.807, 2.05) is 0 Å². The van der Waals surface area contributed by atoms with E-state index in [2.05, 4.69) is 0 Å². The lowest BCUT2D eigenvalue weighted by atomic mass is 9.86. The van der Waals surface area contributed by atoms with Crippen molar-refractivity contribution < 1.29 is 27.7 Å². The van der Waals surface area contributed by atoms with E-state index >= 15 is 0 Å². The number of carbonyl (C=O) groups is 2. The lowest BCUT2D eigenvalue weighted by Gasteiger charge is -2.45. The van der Waals surface area contributed by atoms with Crippen molar-refractivity contribution in [3.63, 3.8) is 0 Å². The largest absolute Gasteiger partial charge is 0.332 e. The van der Waals surface area contributed by atoms with Crippen LogP contribution in [0.4, 0.5) is 4.39 Å². The summed E-state index contributed by atoms with van der Waals surface area (Å²) in [4.78, 5) is 28.7. The Hall–Kier alpha value is -1.91. The van der Waals surface area contributed by atoms with Crippen LogP contribution in [0.15, 0.2) is 18.2 Å². The van der Waals surface area contributed by atoms with Gasteiger partial charge in [-0.3, -0.25) is 9.59 Å². The molecule has 1 aromatic rings. The summed E-state index contributed by atoms with van der Waals surface area (Å²) in [6.07, 6.45) is -17.2. The summed E-state index contributed by atoms with van der Waals surface area (Å²) in [6.45, 7) is -0.509. The molecule has 1 saturated carbocycles. The van der Waals surface area contributed by atoms with Crippen molar-refractivity contribution in [3.8, 4) is 0 Å². The smallest absolute Gasteiger partial charge is 0.242 e. The predicted molar refractivity (Wildman–Crippen MR) is 87.7 cm³/mol. The quantitative estimate of drug-likeness (QED) is 0.789. The molecular weight excluding hydrogens is 307 g/mol. The van der Waals surface area contributed by atoms with Crippen LogP contribution in [-0.4, -0.2) is 41.2 Å². The number of amides is 2. The van der Waals surface area contributed by atoms with Gasteiger partial charge in [0.25, 0.3) is 0 Å². The van der Waals surface area contributed by atoms with Crippen molar-refractivity contribution in [1.82, 2.24) is 9.80 Å². The number of hydrogen-bond acceptors (Lipinski definition) is 2. The van der Waals surface area contributed by atoms with Crippen LogP contribution in [0.1, 0.15) is 62.7 Å². The normalized spacial score (nSPS) is 41.2. The van der Waals surface area contributed by atoms with Crippen molar-refractivity contribution in [1.29, 1.82) is 0 Å². The highest BCUT2D eigenvalue weighted by Gasteiger charge is 2.40. The summed E-state index contributed by atoms with van der Waals surface area (Å²) in [5.41, 5.74) is 1.21. The fourth-order valence-corrected chi connectivity index (χ4v) is 3.45. The minimum Gasteiger partial charge on any atom is -0.332 e. The molecule has 2 aliphatic heterocycles. The summed E-state index contributed by atoms with van der Waals surface area (Å²) in [6, 6.07) is 3.28. The Labute approximate surface area is 155 Å². The van der Waals surface area contributed by atoms with E-state index in [-0.39, 0.29) is 6.54 Å². The second-order valence-electron chi connectivity index (χ2n) is 6.01. The molecule has 0 spiro atoms. The molecule has 1 atom stereocenters. The third-order valence-corrected chi connectivity index (χ3v) is 4.62. The topological polar surface area (TPSA) is 40.6 Å². The Morgan fingerprint density at radius 1 is 1.25 bits per heavy atom. The van der Waals surface area contributed by atoms with Gasteiger partial charge in [0.15, 0.2) is 0 Å². The van der Waals surface area contributed by atoms with Crippen molar-refractivity contribution in [2.45, 2.75) is 44.3 Å². The minimum atomic E-state index is -3.61. The van der Waals surface area contributed by atoms with Crippen molar-refractivity contribution in [3.05, 3.63) is 35.1 Å². The Morgan fingerprint density at radius 2 is 2.04 bits per heavy atom. The van der Waals surface area contributed by atoms with Gasteiger partial charge in [-0.15, -0.1) is 0 Å². The summed E-state index contributed by atoms with van der Waals surface area (Å²) >= 11 is 0. The van der Waals surface area contributed by atoms with Gasteiger partial charge in [-0.1, -0.05) is 25.2 Å². The van der Waals surface area contributed by atoms with E-state index in [0.717, 1.165) is 10.5 Å². The lowest BCUT2D eigenvalue weighted by molar-refractivity contribution is -0.152. The zero-order chi connectivity index (χ0) is 25.6. The van der Waals surface area contributed by atoms with Crippen molar-refractivity contribution >= 4 is 11.8 Å². The molecule has 0 N–H and O–H groups in total. The molecule has 4 nitrogen and oxygen atoms in total. The number of piperazine rings is 1. The van der Waals surface area contributed by atoms with Gasteiger partial charge < -0.3 is 9.80 Å². The second-order valence-corrected chi connectivity index (χ2v) is 6.01. The van der Waals surface area contributed by atoms with E-state index in [1.165, 1.54) is 17.0 Å². The molecule has 0 unspecified atom stereocenters. The van der Waals surface area contributed by atoms with Gasteiger partial charge in [0.2, 0.25) is 11.8 Å². The van der Waals surface area contributed by atoms with Gasteiger partial charge in [0.05, 0.1) is 12.6 Å². The number of fused-ring (bicyclic) bond motifs is 3. The first-order valence-corrected chi connectivity index (χ1v) is 7.76.